The fraction of sp³-hybridized carbons (Fsp3) is 0.588. The fourth-order valence-corrected chi connectivity index (χ4v) is 3.67. The van der Waals surface area contributed by atoms with Crippen LogP contribution in [0.25, 0.3) is 0 Å². The lowest BCUT2D eigenvalue weighted by atomic mass is 9.87. The molecule has 0 aromatic heterocycles. The normalized spacial score (nSPS) is 17.9. The van der Waals surface area contributed by atoms with Gasteiger partial charge in [0, 0.05) is 32.9 Å². The number of benzene rings is 1. The summed E-state index contributed by atoms with van der Waals surface area (Å²) in [6.07, 6.45) is 3.03. The zero-order valence-electron chi connectivity index (χ0n) is 13.8. The molecule has 1 fully saturated rings. The second-order valence-corrected chi connectivity index (χ2v) is 8.42. The van der Waals surface area contributed by atoms with Crippen molar-refractivity contribution in [1.29, 1.82) is 0 Å². The summed E-state index contributed by atoms with van der Waals surface area (Å²) in [7, 11) is -1.37. The molecule has 1 atom stereocenters. The molecular weight excluding hydrogens is 314 g/mol. The topological polar surface area (TPSA) is 63.7 Å². The van der Waals surface area contributed by atoms with Crippen LogP contribution in [0.15, 0.2) is 30.3 Å². The molecule has 6 heteroatoms. The van der Waals surface area contributed by atoms with Crippen LogP contribution in [-0.2, 0) is 19.4 Å². The van der Waals surface area contributed by atoms with Crippen molar-refractivity contribution < 1.29 is 17.9 Å². The Morgan fingerprint density at radius 3 is 2.39 bits per heavy atom. The quantitative estimate of drug-likeness (QED) is 0.796. The summed E-state index contributed by atoms with van der Waals surface area (Å²) in [6, 6.07) is 10.1. The van der Waals surface area contributed by atoms with Crippen LogP contribution in [0.5, 0.6) is 0 Å². The van der Waals surface area contributed by atoms with Crippen LogP contribution in [0.4, 0.5) is 0 Å². The molecule has 1 aliphatic heterocycles. The van der Waals surface area contributed by atoms with Gasteiger partial charge in [-0.25, -0.2) is 8.42 Å². The summed E-state index contributed by atoms with van der Waals surface area (Å²) < 4.78 is 28.0. The van der Waals surface area contributed by atoms with Crippen molar-refractivity contribution in [2.24, 2.45) is 5.92 Å². The van der Waals surface area contributed by atoms with Gasteiger partial charge in [0.05, 0.1) is 11.9 Å². The van der Waals surface area contributed by atoms with Crippen LogP contribution >= 0.6 is 0 Å². The molecule has 1 aromatic carbocycles. The monoisotopic (exact) mass is 339 g/mol. The van der Waals surface area contributed by atoms with E-state index in [-0.39, 0.29) is 24.2 Å². The standard InChI is InChI=1S/C17H25NO4S/c1-22-17(14-6-4-3-5-7-14)15-8-11-18(12-9-15)16(19)10-13-23(2,20)21/h3-7,15,17H,8-13H2,1-2H3. The Balaban J connectivity index is 1.89. The highest BCUT2D eigenvalue weighted by Crippen LogP contribution is 2.33. The number of carbonyl (C=O) groups excluding carboxylic acids is 1. The second kappa shape index (κ2) is 7.93. The average Bonchev–Trinajstić information content (AvgIpc) is 2.54. The zero-order chi connectivity index (χ0) is 16.9. The molecule has 1 aliphatic rings. The maximum absolute atomic E-state index is 12.1. The van der Waals surface area contributed by atoms with E-state index in [9.17, 15) is 13.2 Å². The van der Waals surface area contributed by atoms with E-state index in [1.54, 1.807) is 12.0 Å². The molecule has 5 nitrogen and oxygen atoms in total. The van der Waals surface area contributed by atoms with Crippen LogP contribution in [0.1, 0.15) is 30.9 Å². The van der Waals surface area contributed by atoms with Gasteiger partial charge in [-0.1, -0.05) is 30.3 Å². The number of amides is 1. The maximum Gasteiger partial charge on any atom is 0.223 e. The number of hydrogen-bond acceptors (Lipinski definition) is 4. The summed E-state index contributed by atoms with van der Waals surface area (Å²) in [5.41, 5.74) is 1.16. The summed E-state index contributed by atoms with van der Waals surface area (Å²) >= 11 is 0. The van der Waals surface area contributed by atoms with Crippen molar-refractivity contribution in [3.63, 3.8) is 0 Å². The molecule has 0 saturated carbocycles. The van der Waals surface area contributed by atoms with Crippen molar-refractivity contribution in [2.75, 3.05) is 32.2 Å². The summed E-state index contributed by atoms with van der Waals surface area (Å²) in [4.78, 5) is 13.9. The smallest absolute Gasteiger partial charge is 0.223 e. The van der Waals surface area contributed by atoms with Gasteiger partial charge in [-0.05, 0) is 24.3 Å². The molecule has 0 aliphatic carbocycles. The molecule has 1 heterocycles. The first-order chi connectivity index (χ1) is 10.9. The number of methoxy groups -OCH3 is 1. The van der Waals surface area contributed by atoms with Gasteiger partial charge in [-0.3, -0.25) is 4.79 Å². The van der Waals surface area contributed by atoms with Crippen LogP contribution in [-0.4, -0.2) is 51.4 Å². The highest BCUT2D eigenvalue weighted by molar-refractivity contribution is 7.90. The van der Waals surface area contributed by atoms with Crippen molar-refractivity contribution in [2.45, 2.75) is 25.4 Å². The first-order valence-corrected chi connectivity index (χ1v) is 10.00. The lowest BCUT2D eigenvalue weighted by Gasteiger charge is -2.35. The third-order valence-corrected chi connectivity index (χ3v) is 5.33. The van der Waals surface area contributed by atoms with E-state index >= 15 is 0 Å². The third-order valence-electron chi connectivity index (χ3n) is 4.39. The van der Waals surface area contributed by atoms with Crippen molar-refractivity contribution >= 4 is 15.7 Å². The van der Waals surface area contributed by atoms with E-state index in [1.807, 2.05) is 18.2 Å². The molecule has 0 radical (unpaired) electrons. The molecule has 1 saturated heterocycles. The van der Waals surface area contributed by atoms with Crippen LogP contribution < -0.4 is 0 Å². The molecule has 2 rings (SSSR count). The highest BCUT2D eigenvalue weighted by Gasteiger charge is 2.29. The number of piperidine rings is 1. The number of hydrogen-bond donors (Lipinski definition) is 0. The fourth-order valence-electron chi connectivity index (χ4n) is 3.13. The zero-order valence-corrected chi connectivity index (χ0v) is 14.6. The van der Waals surface area contributed by atoms with E-state index in [0.717, 1.165) is 24.7 Å². The molecule has 1 aromatic rings. The molecule has 1 unspecified atom stereocenters. The van der Waals surface area contributed by atoms with E-state index in [4.69, 9.17) is 4.74 Å². The van der Waals surface area contributed by atoms with E-state index in [2.05, 4.69) is 12.1 Å². The number of carbonyl (C=O) groups is 1. The summed E-state index contributed by atoms with van der Waals surface area (Å²) in [5.74, 6) is 0.236. The second-order valence-electron chi connectivity index (χ2n) is 6.17. The summed E-state index contributed by atoms with van der Waals surface area (Å²) in [6.45, 7) is 1.33. The van der Waals surface area contributed by atoms with Gasteiger partial charge < -0.3 is 9.64 Å². The van der Waals surface area contributed by atoms with E-state index < -0.39 is 9.84 Å². The molecule has 1 amide bonds. The largest absolute Gasteiger partial charge is 0.376 e. The van der Waals surface area contributed by atoms with Gasteiger partial charge in [-0.15, -0.1) is 0 Å². The van der Waals surface area contributed by atoms with Gasteiger partial charge in [0.15, 0.2) is 0 Å². The highest BCUT2D eigenvalue weighted by atomic mass is 32.2. The molecule has 0 bridgehead atoms. The number of likely N-dealkylation sites (tertiary alicyclic amines) is 1. The van der Waals surface area contributed by atoms with Gasteiger partial charge in [0.25, 0.3) is 0 Å². The predicted octanol–water partition coefficient (Wildman–Crippen LogP) is 2.05. The lowest BCUT2D eigenvalue weighted by molar-refractivity contribution is -0.132. The van der Waals surface area contributed by atoms with Crippen molar-refractivity contribution in [3.05, 3.63) is 35.9 Å². The molecule has 128 valence electrons. The average molecular weight is 339 g/mol. The Bertz CT molecular complexity index is 607. The Hall–Kier alpha value is -1.40. The minimum Gasteiger partial charge on any atom is -0.376 e. The number of sulfone groups is 1. The van der Waals surface area contributed by atoms with E-state index in [0.29, 0.717) is 19.0 Å². The molecule has 23 heavy (non-hydrogen) atoms. The van der Waals surface area contributed by atoms with Gasteiger partial charge in [-0.2, -0.15) is 0 Å². The Morgan fingerprint density at radius 2 is 1.87 bits per heavy atom. The van der Waals surface area contributed by atoms with Gasteiger partial charge in [0.1, 0.15) is 9.84 Å². The lowest BCUT2D eigenvalue weighted by Crippen LogP contribution is -2.40. The number of ether oxygens (including phenoxy) is 1. The Labute approximate surface area is 138 Å². The first-order valence-electron chi connectivity index (χ1n) is 7.94. The Morgan fingerprint density at radius 1 is 1.26 bits per heavy atom. The van der Waals surface area contributed by atoms with Crippen LogP contribution in [0.2, 0.25) is 0 Å². The predicted molar refractivity (Wildman–Crippen MR) is 89.8 cm³/mol. The maximum atomic E-state index is 12.1. The minimum absolute atomic E-state index is 0.0458. The molecular formula is C17H25NO4S. The molecule has 0 N–H and O–H groups in total. The first kappa shape index (κ1) is 17.9. The van der Waals surface area contributed by atoms with Crippen molar-refractivity contribution in [1.82, 2.24) is 4.90 Å². The van der Waals surface area contributed by atoms with Crippen molar-refractivity contribution in [3.8, 4) is 0 Å². The minimum atomic E-state index is -3.09. The number of rotatable bonds is 6. The Kier molecular flexibility index (Phi) is 6.18. The molecule has 0 spiro atoms. The van der Waals surface area contributed by atoms with E-state index in [1.165, 1.54) is 0 Å². The van der Waals surface area contributed by atoms with Gasteiger partial charge >= 0.3 is 0 Å². The van der Waals surface area contributed by atoms with Crippen LogP contribution in [0, 0.1) is 5.92 Å². The number of nitrogens with zero attached hydrogens (tertiary/aromatic N) is 1. The SMILES string of the molecule is COC(c1ccccc1)C1CCN(C(=O)CCS(C)(=O)=O)CC1. The van der Waals surface area contributed by atoms with Crippen LogP contribution in [0.3, 0.4) is 0 Å². The summed E-state index contributed by atoms with van der Waals surface area (Å²) in [5, 5.41) is 0. The third kappa shape index (κ3) is 5.32. The van der Waals surface area contributed by atoms with Gasteiger partial charge in [0.2, 0.25) is 5.91 Å².